The Hall–Kier alpha value is -2.84. The van der Waals surface area contributed by atoms with Crippen molar-refractivity contribution >= 4 is 17.6 Å². The van der Waals surface area contributed by atoms with Crippen LogP contribution in [0.4, 0.5) is 5.69 Å². The number of nitrogens with one attached hydrogen (secondary N) is 1. The van der Waals surface area contributed by atoms with Gasteiger partial charge < -0.3 is 19.5 Å². The van der Waals surface area contributed by atoms with Crippen LogP contribution in [0.3, 0.4) is 0 Å². The Morgan fingerprint density at radius 3 is 2.52 bits per heavy atom. The van der Waals surface area contributed by atoms with Crippen LogP contribution in [0.5, 0.6) is 11.5 Å². The highest BCUT2D eigenvalue weighted by Gasteiger charge is 2.27. The topological polar surface area (TPSA) is 117 Å². The number of rotatable bonds is 9. The van der Waals surface area contributed by atoms with Crippen LogP contribution in [0, 0.1) is 16.0 Å². The van der Waals surface area contributed by atoms with Gasteiger partial charge in [0.25, 0.3) is 5.91 Å². The van der Waals surface area contributed by atoms with Crippen molar-refractivity contribution in [3.8, 4) is 11.5 Å². The molecule has 0 aliphatic heterocycles. The minimum absolute atomic E-state index is 0.0703. The monoisotopic (exact) mass is 354 g/mol. The van der Waals surface area contributed by atoms with Gasteiger partial charge in [0.15, 0.2) is 12.4 Å². The summed E-state index contributed by atoms with van der Waals surface area (Å²) in [4.78, 5) is 34.2. The number of hydrogen-bond acceptors (Lipinski definition) is 7. The second kappa shape index (κ2) is 9.45. The molecule has 1 rings (SSSR count). The lowest BCUT2D eigenvalue weighted by molar-refractivity contribution is -0.385. The molecule has 0 radical (unpaired) electrons. The van der Waals surface area contributed by atoms with Gasteiger partial charge in [-0.2, -0.15) is 0 Å². The maximum absolute atomic E-state index is 12.0. The van der Waals surface area contributed by atoms with E-state index >= 15 is 0 Å². The molecule has 0 fully saturated rings. The summed E-state index contributed by atoms with van der Waals surface area (Å²) in [6, 6.07) is 3.22. The van der Waals surface area contributed by atoms with Gasteiger partial charge in [-0.25, -0.2) is 4.79 Å². The molecule has 1 amide bonds. The van der Waals surface area contributed by atoms with Crippen LogP contribution in [-0.2, 0) is 14.3 Å². The fraction of sp³-hybridized carbons (Fsp3) is 0.500. The van der Waals surface area contributed by atoms with Crippen molar-refractivity contribution < 1.29 is 28.7 Å². The Morgan fingerprint density at radius 2 is 2.00 bits per heavy atom. The number of methoxy groups -OCH3 is 2. The molecule has 1 N–H and O–H groups in total. The quantitative estimate of drug-likeness (QED) is 0.407. The molecular formula is C16H22N2O7. The fourth-order valence-electron chi connectivity index (χ4n) is 2.04. The first-order valence-corrected chi connectivity index (χ1v) is 7.66. The van der Waals surface area contributed by atoms with E-state index in [2.05, 4.69) is 10.1 Å². The fourth-order valence-corrected chi connectivity index (χ4v) is 2.04. The number of carbonyl (C=O) groups excluding carboxylic acids is 2. The minimum atomic E-state index is -0.808. The summed E-state index contributed by atoms with van der Waals surface area (Å²) in [6.07, 6.45) is 0.658. The highest BCUT2D eigenvalue weighted by Crippen LogP contribution is 2.30. The van der Waals surface area contributed by atoms with Crippen LogP contribution in [-0.4, -0.2) is 43.7 Å². The van der Waals surface area contributed by atoms with Crippen molar-refractivity contribution in [2.24, 2.45) is 5.92 Å². The van der Waals surface area contributed by atoms with E-state index in [-0.39, 0.29) is 17.4 Å². The summed E-state index contributed by atoms with van der Waals surface area (Å²) in [7, 11) is 2.62. The lowest BCUT2D eigenvalue weighted by Crippen LogP contribution is -2.47. The molecule has 0 spiro atoms. The van der Waals surface area contributed by atoms with Gasteiger partial charge in [-0.3, -0.25) is 14.9 Å². The van der Waals surface area contributed by atoms with Crippen molar-refractivity contribution in [2.75, 3.05) is 20.8 Å². The van der Waals surface area contributed by atoms with Crippen LogP contribution in [0.25, 0.3) is 0 Å². The van der Waals surface area contributed by atoms with Gasteiger partial charge in [0.2, 0.25) is 0 Å². The molecule has 25 heavy (non-hydrogen) atoms. The molecule has 1 aromatic rings. The Kier molecular flexibility index (Phi) is 7.64. The molecule has 0 heterocycles. The maximum atomic E-state index is 12.0. The van der Waals surface area contributed by atoms with E-state index in [9.17, 15) is 19.7 Å². The van der Waals surface area contributed by atoms with E-state index in [0.717, 1.165) is 0 Å². The normalized spacial score (nSPS) is 12.6. The smallest absolute Gasteiger partial charge is 0.328 e. The molecule has 138 valence electrons. The van der Waals surface area contributed by atoms with E-state index in [1.54, 1.807) is 6.92 Å². The average Bonchev–Trinajstić information content (AvgIpc) is 2.62. The van der Waals surface area contributed by atoms with Crippen molar-refractivity contribution in [2.45, 2.75) is 26.3 Å². The number of amides is 1. The second-order valence-electron chi connectivity index (χ2n) is 5.33. The van der Waals surface area contributed by atoms with Gasteiger partial charge in [-0.15, -0.1) is 0 Å². The predicted octanol–water partition coefficient (Wildman–Crippen LogP) is 1.69. The number of nitro groups is 1. The lowest BCUT2D eigenvalue weighted by atomic mass is 9.99. The van der Waals surface area contributed by atoms with Gasteiger partial charge in [0.05, 0.1) is 25.2 Å². The van der Waals surface area contributed by atoms with Crippen LogP contribution in [0.2, 0.25) is 0 Å². The zero-order valence-electron chi connectivity index (χ0n) is 14.6. The molecule has 1 aromatic carbocycles. The van der Waals surface area contributed by atoms with Crippen LogP contribution in [0.15, 0.2) is 18.2 Å². The van der Waals surface area contributed by atoms with Gasteiger partial charge in [-0.1, -0.05) is 20.3 Å². The Morgan fingerprint density at radius 1 is 1.32 bits per heavy atom. The average molecular weight is 354 g/mol. The largest absolute Gasteiger partial charge is 0.496 e. The first kappa shape index (κ1) is 20.2. The first-order chi connectivity index (χ1) is 11.8. The third-order valence-corrected chi connectivity index (χ3v) is 3.71. The molecule has 0 saturated heterocycles. The van der Waals surface area contributed by atoms with Gasteiger partial charge in [0, 0.05) is 0 Å². The van der Waals surface area contributed by atoms with Crippen molar-refractivity contribution in [3.05, 3.63) is 28.3 Å². The number of ether oxygens (including phenoxy) is 3. The standard InChI is InChI=1S/C16H22N2O7/c1-5-10(2)15(16(20)24-4)17-14(19)9-25-13-7-6-11(23-3)8-12(13)18(21)22/h6-8,10,15H,5,9H2,1-4H3,(H,17,19)/t10-,15-/m1/s1. The minimum Gasteiger partial charge on any atom is -0.496 e. The van der Waals surface area contributed by atoms with Crippen molar-refractivity contribution in [3.63, 3.8) is 0 Å². The Balaban J connectivity index is 2.78. The maximum Gasteiger partial charge on any atom is 0.328 e. The number of hydrogen-bond donors (Lipinski definition) is 1. The molecule has 0 aromatic heterocycles. The summed E-state index contributed by atoms with van der Waals surface area (Å²) in [6.45, 7) is 3.21. The summed E-state index contributed by atoms with van der Waals surface area (Å²) >= 11 is 0. The van der Waals surface area contributed by atoms with E-state index in [4.69, 9.17) is 9.47 Å². The van der Waals surface area contributed by atoms with Gasteiger partial charge >= 0.3 is 11.7 Å². The van der Waals surface area contributed by atoms with E-state index in [1.807, 2.05) is 6.92 Å². The molecule has 9 nitrogen and oxygen atoms in total. The summed E-state index contributed by atoms with van der Waals surface area (Å²) in [5, 5.41) is 13.6. The molecule has 0 unspecified atom stereocenters. The molecule has 0 aliphatic carbocycles. The third-order valence-electron chi connectivity index (χ3n) is 3.71. The first-order valence-electron chi connectivity index (χ1n) is 7.66. The van der Waals surface area contributed by atoms with Crippen molar-refractivity contribution in [1.82, 2.24) is 5.32 Å². The number of esters is 1. The lowest BCUT2D eigenvalue weighted by Gasteiger charge is -2.21. The molecule has 2 atom stereocenters. The van der Waals surface area contributed by atoms with Crippen LogP contribution in [0.1, 0.15) is 20.3 Å². The predicted molar refractivity (Wildman–Crippen MR) is 88.5 cm³/mol. The molecule has 0 saturated carbocycles. The van der Waals surface area contributed by atoms with Gasteiger partial charge in [-0.05, 0) is 18.1 Å². The zero-order valence-corrected chi connectivity index (χ0v) is 14.6. The van der Waals surface area contributed by atoms with E-state index in [1.165, 1.54) is 32.4 Å². The number of benzene rings is 1. The molecule has 9 heteroatoms. The SMILES string of the molecule is CC[C@@H](C)[C@@H](NC(=O)COc1ccc(OC)cc1[N+](=O)[O-])C(=O)OC. The molecular weight excluding hydrogens is 332 g/mol. The zero-order chi connectivity index (χ0) is 19.0. The second-order valence-corrected chi connectivity index (χ2v) is 5.33. The molecule has 0 aliphatic rings. The van der Waals surface area contributed by atoms with E-state index < -0.39 is 29.4 Å². The number of carbonyl (C=O) groups is 2. The molecule has 0 bridgehead atoms. The van der Waals surface area contributed by atoms with Crippen molar-refractivity contribution in [1.29, 1.82) is 0 Å². The van der Waals surface area contributed by atoms with Crippen LogP contribution >= 0.6 is 0 Å². The third kappa shape index (κ3) is 5.63. The van der Waals surface area contributed by atoms with Gasteiger partial charge in [0.1, 0.15) is 11.8 Å². The highest BCUT2D eigenvalue weighted by molar-refractivity contribution is 5.85. The van der Waals surface area contributed by atoms with Crippen LogP contribution < -0.4 is 14.8 Å². The van der Waals surface area contributed by atoms with E-state index in [0.29, 0.717) is 12.2 Å². The summed E-state index contributed by atoms with van der Waals surface area (Å²) in [5.74, 6) is -1.05. The number of nitro benzene ring substituents is 1. The summed E-state index contributed by atoms with van der Waals surface area (Å²) in [5.41, 5.74) is -0.321. The summed E-state index contributed by atoms with van der Waals surface area (Å²) < 4.78 is 14.8. The Bertz CT molecular complexity index is 633. The number of nitrogens with zero attached hydrogens (tertiary/aromatic N) is 1. The highest BCUT2D eigenvalue weighted by atomic mass is 16.6. The Labute approximate surface area is 145 Å².